The van der Waals surface area contributed by atoms with E-state index in [2.05, 4.69) is 0 Å². The molecule has 1 aliphatic rings. The van der Waals surface area contributed by atoms with E-state index in [0.29, 0.717) is 35.3 Å². The number of carbonyl (C=O) groups is 4. The van der Waals surface area contributed by atoms with E-state index in [1.54, 1.807) is 30.3 Å². The first-order chi connectivity index (χ1) is 12.5. The summed E-state index contributed by atoms with van der Waals surface area (Å²) < 4.78 is 0. The molecule has 1 aliphatic carbocycles. The SMILES string of the molecule is CCCCN(C(=O)C(N)=O)c1ccc2c(c1)C(=O)c1ccccc1C2=O. The van der Waals surface area contributed by atoms with E-state index < -0.39 is 11.8 Å². The van der Waals surface area contributed by atoms with Crippen LogP contribution in [0, 0.1) is 0 Å². The largest absolute Gasteiger partial charge is 0.361 e. The first-order valence-corrected chi connectivity index (χ1v) is 8.39. The predicted octanol–water partition coefficient (Wildman–Crippen LogP) is 2.08. The number of fused-ring (bicyclic) bond motifs is 2. The molecule has 0 aliphatic heterocycles. The van der Waals surface area contributed by atoms with Gasteiger partial charge in [-0.1, -0.05) is 37.6 Å². The summed E-state index contributed by atoms with van der Waals surface area (Å²) in [7, 11) is 0. The first-order valence-electron chi connectivity index (χ1n) is 8.39. The van der Waals surface area contributed by atoms with Crippen LogP contribution in [0.25, 0.3) is 0 Å². The van der Waals surface area contributed by atoms with Crippen molar-refractivity contribution in [3.05, 3.63) is 64.7 Å². The zero-order valence-electron chi connectivity index (χ0n) is 14.3. The predicted molar refractivity (Wildman–Crippen MR) is 96.2 cm³/mol. The van der Waals surface area contributed by atoms with E-state index in [0.717, 1.165) is 6.42 Å². The summed E-state index contributed by atoms with van der Waals surface area (Å²) in [4.78, 5) is 50.2. The fourth-order valence-corrected chi connectivity index (χ4v) is 3.05. The standard InChI is InChI=1S/C20H18N2O4/c1-2-3-10-22(20(26)19(21)25)12-8-9-15-16(11-12)18(24)14-7-5-4-6-13(14)17(15)23/h4-9,11H,2-3,10H2,1H3,(H2,21,25). The highest BCUT2D eigenvalue weighted by molar-refractivity contribution is 6.40. The van der Waals surface area contributed by atoms with Gasteiger partial charge in [0.2, 0.25) is 0 Å². The van der Waals surface area contributed by atoms with E-state index >= 15 is 0 Å². The van der Waals surface area contributed by atoms with Crippen molar-refractivity contribution >= 4 is 29.1 Å². The number of unbranched alkanes of at least 4 members (excludes halogenated alkanes) is 1. The Morgan fingerprint density at radius 2 is 1.50 bits per heavy atom. The summed E-state index contributed by atoms with van der Waals surface area (Å²) in [6.45, 7) is 2.26. The number of amides is 2. The molecule has 6 nitrogen and oxygen atoms in total. The Kier molecular flexibility index (Phi) is 4.67. The fraction of sp³-hybridized carbons (Fsp3) is 0.200. The number of hydrogen-bond acceptors (Lipinski definition) is 4. The zero-order chi connectivity index (χ0) is 18.8. The van der Waals surface area contributed by atoms with Crippen LogP contribution < -0.4 is 10.6 Å². The van der Waals surface area contributed by atoms with Crippen molar-refractivity contribution in [2.45, 2.75) is 19.8 Å². The van der Waals surface area contributed by atoms with Gasteiger partial charge in [0, 0.05) is 34.5 Å². The van der Waals surface area contributed by atoms with Crippen molar-refractivity contribution in [3.8, 4) is 0 Å². The molecule has 0 atom stereocenters. The normalized spacial score (nSPS) is 12.3. The fourth-order valence-electron chi connectivity index (χ4n) is 3.05. The molecule has 0 saturated heterocycles. The van der Waals surface area contributed by atoms with Crippen molar-refractivity contribution in [1.82, 2.24) is 0 Å². The zero-order valence-corrected chi connectivity index (χ0v) is 14.3. The quantitative estimate of drug-likeness (QED) is 0.729. The molecule has 2 aromatic carbocycles. The smallest absolute Gasteiger partial charge is 0.316 e. The lowest BCUT2D eigenvalue weighted by Crippen LogP contribution is -2.41. The van der Waals surface area contributed by atoms with E-state index in [9.17, 15) is 19.2 Å². The summed E-state index contributed by atoms with van der Waals surface area (Å²) in [6.07, 6.45) is 1.49. The summed E-state index contributed by atoms with van der Waals surface area (Å²) in [6, 6.07) is 11.2. The molecule has 0 unspecified atom stereocenters. The second kappa shape index (κ2) is 6.92. The van der Waals surface area contributed by atoms with Crippen LogP contribution in [0.4, 0.5) is 5.69 Å². The number of carbonyl (C=O) groups excluding carboxylic acids is 4. The summed E-state index contributed by atoms with van der Waals surface area (Å²) in [5, 5.41) is 0. The van der Waals surface area contributed by atoms with Crippen molar-refractivity contribution < 1.29 is 19.2 Å². The molecule has 2 amide bonds. The lowest BCUT2D eigenvalue weighted by atomic mass is 9.84. The third-order valence-corrected chi connectivity index (χ3v) is 4.41. The van der Waals surface area contributed by atoms with Crippen LogP contribution in [0.1, 0.15) is 51.6 Å². The van der Waals surface area contributed by atoms with Crippen LogP contribution in [0.5, 0.6) is 0 Å². The number of rotatable bonds is 4. The lowest BCUT2D eigenvalue weighted by molar-refractivity contribution is -0.135. The Bertz CT molecular complexity index is 933. The van der Waals surface area contributed by atoms with Gasteiger partial charge < -0.3 is 10.6 Å². The maximum atomic E-state index is 12.8. The van der Waals surface area contributed by atoms with Crippen LogP contribution >= 0.6 is 0 Å². The van der Waals surface area contributed by atoms with Crippen molar-refractivity contribution in [1.29, 1.82) is 0 Å². The third-order valence-electron chi connectivity index (χ3n) is 4.41. The number of benzene rings is 2. The molecule has 2 aromatic rings. The first kappa shape index (κ1) is 17.5. The third kappa shape index (κ3) is 2.90. The molecule has 0 radical (unpaired) electrons. The van der Waals surface area contributed by atoms with E-state index in [1.807, 2.05) is 6.92 Å². The topological polar surface area (TPSA) is 97.5 Å². The number of anilines is 1. The van der Waals surface area contributed by atoms with Gasteiger partial charge in [0.15, 0.2) is 11.6 Å². The molecule has 2 N–H and O–H groups in total. The number of nitrogens with zero attached hydrogens (tertiary/aromatic N) is 1. The Morgan fingerprint density at radius 3 is 2.08 bits per heavy atom. The molecule has 0 spiro atoms. The van der Waals surface area contributed by atoms with Crippen molar-refractivity contribution in [2.24, 2.45) is 5.73 Å². The molecule has 26 heavy (non-hydrogen) atoms. The van der Waals surface area contributed by atoms with Crippen molar-refractivity contribution in [2.75, 3.05) is 11.4 Å². The minimum absolute atomic E-state index is 0.227. The Morgan fingerprint density at radius 1 is 0.923 bits per heavy atom. The van der Waals surface area contributed by atoms with Crippen LogP contribution in [0.3, 0.4) is 0 Å². The molecule has 0 saturated carbocycles. The average molecular weight is 350 g/mol. The maximum absolute atomic E-state index is 12.8. The van der Waals surface area contributed by atoms with Gasteiger partial charge in [0.1, 0.15) is 0 Å². The van der Waals surface area contributed by atoms with E-state index in [-0.39, 0.29) is 17.1 Å². The molecule has 3 rings (SSSR count). The highest BCUT2D eigenvalue weighted by Gasteiger charge is 2.30. The second-order valence-corrected chi connectivity index (χ2v) is 6.11. The Labute approximate surface area is 150 Å². The van der Waals surface area contributed by atoms with Gasteiger partial charge in [0.25, 0.3) is 0 Å². The average Bonchev–Trinajstić information content (AvgIpc) is 2.66. The highest BCUT2D eigenvalue weighted by atomic mass is 16.2. The molecule has 0 aromatic heterocycles. The van der Waals surface area contributed by atoms with E-state index in [1.165, 1.54) is 17.0 Å². The minimum Gasteiger partial charge on any atom is -0.361 e. The number of hydrogen-bond donors (Lipinski definition) is 1. The number of ketones is 2. The number of nitrogens with two attached hydrogens (primary N) is 1. The van der Waals surface area contributed by atoms with Gasteiger partial charge in [-0.05, 0) is 24.6 Å². The van der Waals surface area contributed by atoms with Crippen LogP contribution in [-0.2, 0) is 9.59 Å². The van der Waals surface area contributed by atoms with Gasteiger partial charge in [-0.2, -0.15) is 0 Å². The molecule has 0 bridgehead atoms. The van der Waals surface area contributed by atoms with Gasteiger partial charge in [-0.3, -0.25) is 19.2 Å². The monoisotopic (exact) mass is 350 g/mol. The Balaban J connectivity index is 2.07. The Hall–Kier alpha value is -3.28. The maximum Gasteiger partial charge on any atom is 0.316 e. The van der Waals surface area contributed by atoms with Gasteiger partial charge in [-0.25, -0.2) is 0 Å². The molecule has 0 fully saturated rings. The van der Waals surface area contributed by atoms with Gasteiger partial charge in [-0.15, -0.1) is 0 Å². The lowest BCUT2D eigenvalue weighted by Gasteiger charge is -2.24. The molecular formula is C20H18N2O4. The molecular weight excluding hydrogens is 332 g/mol. The van der Waals surface area contributed by atoms with Crippen LogP contribution in [0.2, 0.25) is 0 Å². The minimum atomic E-state index is -1.06. The van der Waals surface area contributed by atoms with Gasteiger partial charge in [0.05, 0.1) is 0 Å². The van der Waals surface area contributed by atoms with Crippen LogP contribution in [0.15, 0.2) is 42.5 Å². The number of primary amides is 1. The van der Waals surface area contributed by atoms with Crippen LogP contribution in [-0.4, -0.2) is 29.9 Å². The summed E-state index contributed by atoms with van der Waals surface area (Å²) in [5.74, 6) is -2.41. The molecule has 0 heterocycles. The summed E-state index contributed by atoms with van der Waals surface area (Å²) >= 11 is 0. The van der Waals surface area contributed by atoms with Gasteiger partial charge >= 0.3 is 11.8 Å². The van der Waals surface area contributed by atoms with Crippen molar-refractivity contribution in [3.63, 3.8) is 0 Å². The summed E-state index contributed by atoms with van der Waals surface area (Å²) in [5.41, 5.74) is 6.75. The molecule has 6 heteroatoms. The second-order valence-electron chi connectivity index (χ2n) is 6.11. The highest BCUT2D eigenvalue weighted by Crippen LogP contribution is 2.30. The molecule has 132 valence electrons. The van der Waals surface area contributed by atoms with E-state index in [4.69, 9.17) is 5.73 Å².